The van der Waals surface area contributed by atoms with Gasteiger partial charge < -0.3 is 4.74 Å². The number of fused-ring (bicyclic) bond motifs is 1. The fourth-order valence-electron chi connectivity index (χ4n) is 2.56. The van der Waals surface area contributed by atoms with Crippen LogP contribution in [0.4, 0.5) is 0 Å². The van der Waals surface area contributed by atoms with Crippen molar-refractivity contribution < 1.29 is 9.53 Å². The van der Waals surface area contributed by atoms with E-state index in [1.165, 1.54) is 24.8 Å². The Morgan fingerprint density at radius 3 is 2.57 bits per heavy atom. The van der Waals surface area contributed by atoms with Crippen molar-refractivity contribution in [2.75, 3.05) is 6.61 Å². The van der Waals surface area contributed by atoms with Crippen LogP contribution in [0.5, 0.6) is 0 Å². The highest BCUT2D eigenvalue weighted by molar-refractivity contribution is 5.76. The van der Waals surface area contributed by atoms with Crippen molar-refractivity contribution in [3.05, 3.63) is 11.6 Å². The summed E-state index contributed by atoms with van der Waals surface area (Å²) in [6.07, 6.45) is 5.75. The summed E-state index contributed by atoms with van der Waals surface area (Å²) < 4.78 is 5.20. The highest BCUT2D eigenvalue weighted by Crippen LogP contribution is 2.57. The van der Waals surface area contributed by atoms with E-state index < -0.39 is 0 Å². The lowest BCUT2D eigenvalue weighted by Crippen LogP contribution is -2.10. The number of carbonyl (C=O) groups is 1. The van der Waals surface area contributed by atoms with E-state index in [0.717, 1.165) is 0 Å². The van der Waals surface area contributed by atoms with Crippen LogP contribution >= 0.6 is 0 Å². The average molecular weight is 194 g/mol. The molecule has 14 heavy (non-hydrogen) atoms. The Morgan fingerprint density at radius 2 is 2.00 bits per heavy atom. The molecule has 2 heteroatoms. The first-order chi connectivity index (χ1) is 6.70. The molecule has 0 aromatic carbocycles. The minimum Gasteiger partial charge on any atom is -0.461 e. The fourth-order valence-corrected chi connectivity index (χ4v) is 2.56. The predicted molar refractivity (Wildman–Crippen MR) is 54.7 cm³/mol. The van der Waals surface area contributed by atoms with E-state index in [2.05, 4.69) is 0 Å². The molecule has 2 aliphatic carbocycles. The first-order valence-corrected chi connectivity index (χ1v) is 5.50. The molecule has 0 saturated heterocycles. The molecule has 0 radical (unpaired) electrons. The molecule has 0 spiro atoms. The van der Waals surface area contributed by atoms with Gasteiger partial charge in [0.2, 0.25) is 0 Å². The fraction of sp³-hybridized carbons (Fsp3) is 0.750. The standard InChI is InChI=1S/C12H18O2/c1-8(2)6-7-14-12(13)11-9-4-3-5-10(9)11/h6,9-11H,3-5,7H2,1-2H3/t9-,10+,11?. The number of rotatable bonds is 3. The van der Waals surface area contributed by atoms with Gasteiger partial charge in [0.25, 0.3) is 0 Å². The Hall–Kier alpha value is -0.790. The molecule has 1 unspecified atom stereocenters. The summed E-state index contributed by atoms with van der Waals surface area (Å²) in [7, 11) is 0. The maximum absolute atomic E-state index is 11.5. The van der Waals surface area contributed by atoms with Crippen molar-refractivity contribution in [3.8, 4) is 0 Å². The molecule has 0 bridgehead atoms. The number of allylic oxidation sites excluding steroid dienone is 1. The van der Waals surface area contributed by atoms with Gasteiger partial charge in [0.15, 0.2) is 0 Å². The third-order valence-electron chi connectivity index (χ3n) is 3.40. The second-order valence-corrected chi connectivity index (χ2v) is 4.70. The maximum atomic E-state index is 11.5. The molecule has 78 valence electrons. The van der Waals surface area contributed by atoms with Crippen LogP contribution in [-0.4, -0.2) is 12.6 Å². The van der Waals surface area contributed by atoms with Gasteiger partial charge in [-0.2, -0.15) is 0 Å². The zero-order valence-corrected chi connectivity index (χ0v) is 8.95. The third-order valence-corrected chi connectivity index (χ3v) is 3.40. The number of hydrogen-bond acceptors (Lipinski definition) is 2. The smallest absolute Gasteiger partial charge is 0.309 e. The normalized spacial score (nSPS) is 33.4. The number of ether oxygens (including phenoxy) is 1. The van der Waals surface area contributed by atoms with Gasteiger partial charge in [-0.05, 0) is 44.6 Å². The van der Waals surface area contributed by atoms with Gasteiger partial charge in [-0.3, -0.25) is 4.79 Å². The number of carbonyl (C=O) groups excluding carboxylic acids is 1. The van der Waals surface area contributed by atoms with Gasteiger partial charge in [-0.15, -0.1) is 0 Å². The van der Waals surface area contributed by atoms with Crippen molar-refractivity contribution in [2.24, 2.45) is 17.8 Å². The summed E-state index contributed by atoms with van der Waals surface area (Å²) in [6.45, 7) is 4.48. The highest BCUT2D eigenvalue weighted by Gasteiger charge is 2.57. The van der Waals surface area contributed by atoms with Crippen LogP contribution in [0.3, 0.4) is 0 Å². The second-order valence-electron chi connectivity index (χ2n) is 4.70. The second kappa shape index (κ2) is 3.76. The lowest BCUT2D eigenvalue weighted by molar-refractivity contribution is -0.144. The summed E-state index contributed by atoms with van der Waals surface area (Å²) in [5.41, 5.74) is 1.20. The first-order valence-electron chi connectivity index (χ1n) is 5.50. The van der Waals surface area contributed by atoms with E-state index in [9.17, 15) is 4.79 Å². The topological polar surface area (TPSA) is 26.3 Å². The minimum atomic E-state index is 0.0391. The average Bonchev–Trinajstić information content (AvgIpc) is 2.60. The van der Waals surface area contributed by atoms with Gasteiger partial charge in [0.05, 0.1) is 5.92 Å². The molecule has 2 rings (SSSR count). The Kier molecular flexibility index (Phi) is 2.62. The van der Waals surface area contributed by atoms with E-state index in [4.69, 9.17) is 4.74 Å². The van der Waals surface area contributed by atoms with Gasteiger partial charge in [-0.25, -0.2) is 0 Å². The lowest BCUT2D eigenvalue weighted by Gasteiger charge is -2.03. The molecule has 2 fully saturated rings. The summed E-state index contributed by atoms with van der Waals surface area (Å²) in [5.74, 6) is 1.65. The SMILES string of the molecule is CC(C)=CCOC(=O)C1[C@H]2CCC[C@@H]12. The van der Waals surface area contributed by atoms with Crippen molar-refractivity contribution >= 4 is 5.97 Å². The van der Waals surface area contributed by atoms with E-state index in [1.807, 2.05) is 19.9 Å². The van der Waals surface area contributed by atoms with Gasteiger partial charge in [0, 0.05) is 0 Å². The molecule has 0 N–H and O–H groups in total. The zero-order chi connectivity index (χ0) is 10.1. The van der Waals surface area contributed by atoms with Gasteiger partial charge >= 0.3 is 5.97 Å². The van der Waals surface area contributed by atoms with Crippen LogP contribution in [0.25, 0.3) is 0 Å². The summed E-state index contributed by atoms with van der Waals surface area (Å²) in [5, 5.41) is 0. The first kappa shape index (κ1) is 9.75. The van der Waals surface area contributed by atoms with Crippen LogP contribution in [0, 0.1) is 17.8 Å². The van der Waals surface area contributed by atoms with Crippen molar-refractivity contribution in [3.63, 3.8) is 0 Å². The van der Waals surface area contributed by atoms with E-state index in [-0.39, 0.29) is 11.9 Å². The molecule has 0 heterocycles. The molecular formula is C12H18O2. The summed E-state index contributed by atoms with van der Waals surface area (Å²) in [4.78, 5) is 11.5. The molecule has 2 aliphatic rings. The summed E-state index contributed by atoms with van der Waals surface area (Å²) in [6, 6.07) is 0. The van der Waals surface area contributed by atoms with Crippen LogP contribution in [0.1, 0.15) is 33.1 Å². The van der Waals surface area contributed by atoms with E-state index in [0.29, 0.717) is 18.4 Å². The third kappa shape index (κ3) is 1.84. The minimum absolute atomic E-state index is 0.0391. The lowest BCUT2D eigenvalue weighted by atomic mass is 10.1. The molecule has 0 aromatic heterocycles. The highest BCUT2D eigenvalue weighted by atomic mass is 16.5. The predicted octanol–water partition coefficient (Wildman–Crippen LogP) is 2.54. The Morgan fingerprint density at radius 1 is 1.36 bits per heavy atom. The van der Waals surface area contributed by atoms with Gasteiger partial charge in [0.1, 0.15) is 6.61 Å². The van der Waals surface area contributed by atoms with Crippen LogP contribution < -0.4 is 0 Å². The van der Waals surface area contributed by atoms with Crippen LogP contribution in [0.2, 0.25) is 0 Å². The molecular weight excluding hydrogens is 176 g/mol. The van der Waals surface area contributed by atoms with Crippen molar-refractivity contribution in [1.82, 2.24) is 0 Å². The number of esters is 1. The van der Waals surface area contributed by atoms with Crippen molar-refractivity contribution in [2.45, 2.75) is 33.1 Å². The Labute approximate surface area is 85.3 Å². The molecule has 0 aliphatic heterocycles. The molecule has 3 atom stereocenters. The molecule has 2 nitrogen and oxygen atoms in total. The summed E-state index contributed by atoms with van der Waals surface area (Å²) >= 11 is 0. The van der Waals surface area contributed by atoms with E-state index >= 15 is 0 Å². The van der Waals surface area contributed by atoms with Crippen LogP contribution in [-0.2, 0) is 9.53 Å². The van der Waals surface area contributed by atoms with Gasteiger partial charge in [-0.1, -0.05) is 12.0 Å². The van der Waals surface area contributed by atoms with E-state index in [1.54, 1.807) is 0 Å². The molecule has 0 aromatic rings. The largest absolute Gasteiger partial charge is 0.461 e. The molecule has 0 amide bonds. The number of hydrogen-bond donors (Lipinski definition) is 0. The quantitative estimate of drug-likeness (QED) is 0.510. The monoisotopic (exact) mass is 194 g/mol. The zero-order valence-electron chi connectivity index (χ0n) is 8.95. The van der Waals surface area contributed by atoms with Crippen molar-refractivity contribution in [1.29, 1.82) is 0 Å². The van der Waals surface area contributed by atoms with Crippen LogP contribution in [0.15, 0.2) is 11.6 Å². The molecule has 2 saturated carbocycles. The Bertz CT molecular complexity index is 253. The maximum Gasteiger partial charge on any atom is 0.309 e. The Balaban J connectivity index is 1.73.